The summed E-state index contributed by atoms with van der Waals surface area (Å²) in [4.78, 5) is 39.8. The van der Waals surface area contributed by atoms with Crippen LogP contribution in [0.1, 0.15) is 31.9 Å². The van der Waals surface area contributed by atoms with Gasteiger partial charge in [0.15, 0.2) is 0 Å². The van der Waals surface area contributed by atoms with Crippen molar-refractivity contribution in [3.63, 3.8) is 0 Å². The summed E-state index contributed by atoms with van der Waals surface area (Å²) in [7, 11) is 2.68. The van der Waals surface area contributed by atoms with E-state index in [1.54, 1.807) is 13.8 Å². The second-order valence-corrected chi connectivity index (χ2v) is 6.75. The maximum absolute atomic E-state index is 14.0. The minimum atomic E-state index is -1.36. The molecular formula is C19H23FN2O5. The number of nitrogens with one attached hydrogen (secondary N) is 1. The zero-order valence-corrected chi connectivity index (χ0v) is 15.7. The van der Waals surface area contributed by atoms with Crippen molar-refractivity contribution in [1.82, 2.24) is 10.2 Å². The molecule has 1 N–H and O–H groups in total. The van der Waals surface area contributed by atoms with Gasteiger partial charge in [-0.1, -0.05) is 6.92 Å². The summed E-state index contributed by atoms with van der Waals surface area (Å²) in [6, 6.07) is 3.22. The van der Waals surface area contributed by atoms with Gasteiger partial charge in [0.25, 0.3) is 0 Å². The number of carbonyl (C=O) groups is 3. The first-order valence-corrected chi connectivity index (χ1v) is 8.91. The maximum atomic E-state index is 14.0. The van der Waals surface area contributed by atoms with E-state index in [0.29, 0.717) is 11.3 Å². The molecule has 2 amide bonds. The third kappa shape index (κ3) is 2.62. The first kappa shape index (κ1) is 19.3. The minimum absolute atomic E-state index is 0.207. The van der Waals surface area contributed by atoms with Gasteiger partial charge in [-0.3, -0.25) is 24.6 Å². The van der Waals surface area contributed by atoms with Gasteiger partial charge < -0.3 is 9.47 Å². The molecule has 0 saturated carbocycles. The van der Waals surface area contributed by atoms with Crippen LogP contribution in [0.4, 0.5) is 4.39 Å². The molecule has 3 rings (SSSR count). The smallest absolute Gasteiger partial charge is 0.326 e. The molecule has 8 heteroatoms. The van der Waals surface area contributed by atoms with Gasteiger partial charge in [0.05, 0.1) is 26.1 Å². The van der Waals surface area contributed by atoms with E-state index in [1.807, 2.05) is 0 Å². The zero-order chi connectivity index (χ0) is 19.9. The van der Waals surface area contributed by atoms with Gasteiger partial charge >= 0.3 is 5.97 Å². The van der Waals surface area contributed by atoms with E-state index in [2.05, 4.69) is 5.32 Å². The van der Waals surface area contributed by atoms with Crippen molar-refractivity contribution in [2.24, 2.45) is 11.8 Å². The number of hydrogen-bond acceptors (Lipinski definition) is 6. The molecule has 0 radical (unpaired) electrons. The summed E-state index contributed by atoms with van der Waals surface area (Å²) in [5.41, 5.74) is -0.969. The third-order valence-corrected chi connectivity index (χ3v) is 5.70. The highest BCUT2D eigenvalue weighted by Gasteiger charge is 2.68. The third-order valence-electron chi connectivity index (χ3n) is 5.70. The lowest BCUT2D eigenvalue weighted by Crippen LogP contribution is -2.55. The summed E-state index contributed by atoms with van der Waals surface area (Å²) in [6.45, 7) is 3.66. The van der Waals surface area contributed by atoms with Crippen LogP contribution < -0.4 is 10.1 Å². The van der Waals surface area contributed by atoms with Gasteiger partial charge in [0.2, 0.25) is 11.8 Å². The number of hydrogen-bond donors (Lipinski definition) is 1. The van der Waals surface area contributed by atoms with Crippen LogP contribution in [0.3, 0.4) is 0 Å². The minimum Gasteiger partial charge on any atom is -0.496 e. The number of carbonyl (C=O) groups excluding carboxylic acids is 3. The predicted molar refractivity (Wildman–Crippen MR) is 93.2 cm³/mol. The van der Waals surface area contributed by atoms with Gasteiger partial charge in [-0.25, -0.2) is 4.39 Å². The van der Waals surface area contributed by atoms with E-state index in [0.717, 1.165) is 4.90 Å². The SMILES string of the molecule is CCN1C(=O)[C@H]2[C@@H](C1=O)[C@@](CC)(C(=O)OC)N[C@H]2c1cc(F)ccc1OC. The zero-order valence-electron chi connectivity index (χ0n) is 15.7. The Hall–Kier alpha value is -2.48. The molecule has 0 unspecified atom stereocenters. The lowest BCUT2D eigenvalue weighted by Gasteiger charge is -2.31. The number of likely N-dealkylation sites (tertiary alicyclic amines) is 1. The monoisotopic (exact) mass is 378 g/mol. The van der Waals surface area contributed by atoms with Crippen LogP contribution in [0.2, 0.25) is 0 Å². The Labute approximate surface area is 156 Å². The van der Waals surface area contributed by atoms with E-state index in [1.165, 1.54) is 32.4 Å². The van der Waals surface area contributed by atoms with Crippen LogP contribution >= 0.6 is 0 Å². The number of methoxy groups -OCH3 is 2. The van der Waals surface area contributed by atoms with Gasteiger partial charge in [0, 0.05) is 18.2 Å². The average molecular weight is 378 g/mol. The molecule has 2 heterocycles. The molecule has 1 aromatic carbocycles. The Morgan fingerprint density at radius 3 is 2.52 bits per heavy atom. The molecule has 4 atom stereocenters. The van der Waals surface area contributed by atoms with Crippen LogP contribution in [0, 0.1) is 17.7 Å². The van der Waals surface area contributed by atoms with Crippen LogP contribution in [0.25, 0.3) is 0 Å². The maximum Gasteiger partial charge on any atom is 0.326 e. The standard InChI is InChI=1S/C19H23FN2O5/c1-5-19(18(25)27-4)14-13(16(23)22(6-2)17(14)24)15(21-19)11-9-10(20)7-8-12(11)26-3/h7-9,13-15,21H,5-6H2,1-4H3/t13-,14-,15-,19-/m0/s1. The molecule has 0 spiro atoms. The number of nitrogens with zero attached hydrogens (tertiary/aromatic N) is 1. The molecule has 2 fully saturated rings. The Kier molecular flexibility index (Phi) is 4.94. The van der Waals surface area contributed by atoms with E-state index in [-0.39, 0.29) is 18.9 Å². The summed E-state index contributed by atoms with van der Waals surface area (Å²) in [5, 5.41) is 3.14. The molecule has 0 bridgehead atoms. The molecular weight excluding hydrogens is 355 g/mol. The quantitative estimate of drug-likeness (QED) is 0.616. The fraction of sp³-hybridized carbons (Fsp3) is 0.526. The summed E-state index contributed by atoms with van der Waals surface area (Å²) in [5.74, 6) is -3.29. The number of rotatable bonds is 5. The summed E-state index contributed by atoms with van der Waals surface area (Å²) < 4.78 is 24.3. The number of amides is 2. The number of benzene rings is 1. The largest absolute Gasteiger partial charge is 0.496 e. The number of esters is 1. The molecule has 1 aromatic rings. The van der Waals surface area contributed by atoms with Crippen LogP contribution in [0.15, 0.2) is 18.2 Å². The molecule has 146 valence electrons. The van der Waals surface area contributed by atoms with Crippen molar-refractivity contribution in [2.75, 3.05) is 20.8 Å². The molecule has 7 nitrogen and oxygen atoms in total. The molecule has 2 saturated heterocycles. The normalized spacial score (nSPS) is 29.8. The van der Waals surface area contributed by atoms with Crippen LogP contribution in [-0.2, 0) is 19.1 Å². The van der Waals surface area contributed by atoms with Gasteiger partial charge in [-0.05, 0) is 31.5 Å². The first-order chi connectivity index (χ1) is 12.9. The van der Waals surface area contributed by atoms with Crippen molar-refractivity contribution < 1.29 is 28.2 Å². The summed E-state index contributed by atoms with van der Waals surface area (Å²) >= 11 is 0. The number of halogens is 1. The predicted octanol–water partition coefficient (Wildman–Crippen LogP) is 1.42. The number of fused-ring (bicyclic) bond motifs is 1. The second-order valence-electron chi connectivity index (χ2n) is 6.75. The molecule has 27 heavy (non-hydrogen) atoms. The topological polar surface area (TPSA) is 84.9 Å². The highest BCUT2D eigenvalue weighted by Crippen LogP contribution is 2.51. The van der Waals surface area contributed by atoms with Crippen molar-refractivity contribution in [2.45, 2.75) is 31.8 Å². The Morgan fingerprint density at radius 2 is 1.96 bits per heavy atom. The molecule has 0 aromatic heterocycles. The Bertz CT molecular complexity index is 798. The van der Waals surface area contributed by atoms with Gasteiger partial charge in [-0.15, -0.1) is 0 Å². The molecule has 0 aliphatic carbocycles. The van der Waals surface area contributed by atoms with E-state index < -0.39 is 41.1 Å². The van der Waals surface area contributed by atoms with E-state index in [4.69, 9.17) is 9.47 Å². The number of ether oxygens (including phenoxy) is 2. The van der Waals surface area contributed by atoms with Crippen molar-refractivity contribution >= 4 is 17.8 Å². The average Bonchev–Trinajstić information content (AvgIpc) is 3.15. The lowest BCUT2D eigenvalue weighted by atomic mass is 9.78. The number of imide groups is 1. The van der Waals surface area contributed by atoms with Crippen molar-refractivity contribution in [3.8, 4) is 5.75 Å². The van der Waals surface area contributed by atoms with E-state index >= 15 is 0 Å². The van der Waals surface area contributed by atoms with E-state index in [9.17, 15) is 18.8 Å². The molecule has 2 aliphatic heterocycles. The van der Waals surface area contributed by atoms with Gasteiger partial charge in [-0.2, -0.15) is 0 Å². The lowest BCUT2D eigenvalue weighted by molar-refractivity contribution is -0.154. The van der Waals surface area contributed by atoms with Crippen LogP contribution in [0.5, 0.6) is 5.75 Å². The Morgan fingerprint density at radius 1 is 1.26 bits per heavy atom. The van der Waals surface area contributed by atoms with Crippen molar-refractivity contribution in [1.29, 1.82) is 0 Å². The molecule has 2 aliphatic rings. The highest BCUT2D eigenvalue weighted by atomic mass is 19.1. The van der Waals surface area contributed by atoms with Crippen LogP contribution in [-0.4, -0.2) is 49.0 Å². The fourth-order valence-corrected chi connectivity index (χ4v) is 4.43. The van der Waals surface area contributed by atoms with Crippen molar-refractivity contribution in [3.05, 3.63) is 29.6 Å². The fourth-order valence-electron chi connectivity index (χ4n) is 4.43. The van der Waals surface area contributed by atoms with Gasteiger partial charge in [0.1, 0.15) is 17.1 Å². The highest BCUT2D eigenvalue weighted by molar-refractivity contribution is 6.09. The first-order valence-electron chi connectivity index (χ1n) is 8.91. The second kappa shape index (κ2) is 6.92. The Balaban J connectivity index is 2.20. The summed E-state index contributed by atoms with van der Waals surface area (Å²) in [6.07, 6.45) is 0.242.